The summed E-state index contributed by atoms with van der Waals surface area (Å²) in [5.41, 5.74) is 0.953. The van der Waals surface area contributed by atoms with E-state index in [1.54, 1.807) is 6.07 Å². The fourth-order valence-electron chi connectivity index (χ4n) is 2.56. The van der Waals surface area contributed by atoms with Gasteiger partial charge in [-0.15, -0.1) is 0 Å². The van der Waals surface area contributed by atoms with Gasteiger partial charge in [-0.2, -0.15) is 0 Å². The van der Waals surface area contributed by atoms with Gasteiger partial charge in [0.15, 0.2) is 0 Å². The number of H-pyrrole nitrogens is 1. The number of hydrogen-bond donors (Lipinski definition) is 1. The third kappa shape index (κ3) is 3.61. The molecule has 1 saturated heterocycles. The van der Waals surface area contributed by atoms with E-state index in [9.17, 15) is 4.79 Å². The SMILES string of the molecule is O=c1cc(N2CCN(Cc3ccc(Cl)cc3Cl)CC2)nc[nH]1. The number of anilines is 1. The Bertz CT molecular complexity index is 711. The molecule has 0 spiro atoms. The molecule has 0 amide bonds. The lowest BCUT2D eigenvalue weighted by atomic mass is 10.2. The second-order valence-electron chi connectivity index (χ2n) is 5.27. The topological polar surface area (TPSA) is 52.2 Å². The van der Waals surface area contributed by atoms with Crippen LogP contribution in [0.1, 0.15) is 5.56 Å². The highest BCUT2D eigenvalue weighted by atomic mass is 35.5. The van der Waals surface area contributed by atoms with Crippen LogP contribution in [0, 0.1) is 0 Å². The molecule has 1 aliphatic heterocycles. The zero-order valence-electron chi connectivity index (χ0n) is 11.9. The van der Waals surface area contributed by atoms with E-state index in [0.717, 1.165) is 44.1 Å². The van der Waals surface area contributed by atoms with Gasteiger partial charge in [-0.25, -0.2) is 4.98 Å². The summed E-state index contributed by atoms with van der Waals surface area (Å²) in [5, 5.41) is 1.35. The highest BCUT2D eigenvalue weighted by Gasteiger charge is 2.19. The number of nitrogens with zero attached hydrogens (tertiary/aromatic N) is 3. The van der Waals surface area contributed by atoms with Crippen LogP contribution in [-0.4, -0.2) is 41.0 Å². The normalized spacial score (nSPS) is 16.0. The number of hydrogen-bond acceptors (Lipinski definition) is 4. The summed E-state index contributed by atoms with van der Waals surface area (Å²) in [6, 6.07) is 7.13. The summed E-state index contributed by atoms with van der Waals surface area (Å²) < 4.78 is 0. The fourth-order valence-corrected chi connectivity index (χ4v) is 3.03. The van der Waals surface area contributed by atoms with Gasteiger partial charge in [-0.05, 0) is 17.7 Å². The number of benzene rings is 1. The molecule has 0 unspecified atom stereocenters. The maximum absolute atomic E-state index is 11.3. The number of halogens is 2. The Morgan fingerprint density at radius 2 is 1.91 bits per heavy atom. The van der Waals surface area contributed by atoms with E-state index in [1.165, 1.54) is 12.4 Å². The summed E-state index contributed by atoms with van der Waals surface area (Å²) in [5.74, 6) is 0.730. The molecule has 5 nitrogen and oxygen atoms in total. The predicted octanol–water partition coefficient (Wildman–Crippen LogP) is 2.40. The van der Waals surface area contributed by atoms with E-state index in [-0.39, 0.29) is 5.56 Å². The van der Waals surface area contributed by atoms with Crippen molar-refractivity contribution in [2.24, 2.45) is 0 Å². The molecule has 0 saturated carbocycles. The Labute approximate surface area is 138 Å². The van der Waals surface area contributed by atoms with Crippen LogP contribution in [0.15, 0.2) is 35.4 Å². The number of piperazine rings is 1. The zero-order chi connectivity index (χ0) is 15.5. The lowest BCUT2D eigenvalue weighted by molar-refractivity contribution is 0.249. The lowest BCUT2D eigenvalue weighted by Gasteiger charge is -2.35. The summed E-state index contributed by atoms with van der Waals surface area (Å²) in [6.07, 6.45) is 1.44. The van der Waals surface area contributed by atoms with Gasteiger partial charge in [0, 0.05) is 48.8 Å². The first-order valence-corrected chi connectivity index (χ1v) is 7.83. The standard InChI is InChI=1S/C15H16Cl2N4O/c16-12-2-1-11(13(17)7-12)9-20-3-5-21(6-4-20)14-8-15(22)19-10-18-14/h1-2,7-8,10H,3-6,9H2,(H,18,19,22). The Morgan fingerprint density at radius 1 is 1.14 bits per heavy atom. The van der Waals surface area contributed by atoms with Crippen molar-refractivity contribution in [2.75, 3.05) is 31.1 Å². The van der Waals surface area contributed by atoms with Crippen LogP contribution in [0.25, 0.3) is 0 Å². The van der Waals surface area contributed by atoms with Gasteiger partial charge in [0.25, 0.3) is 5.56 Å². The Hall–Kier alpha value is -1.56. The molecule has 2 heterocycles. The molecular weight excluding hydrogens is 323 g/mol. The zero-order valence-corrected chi connectivity index (χ0v) is 13.4. The molecule has 0 bridgehead atoms. The van der Waals surface area contributed by atoms with E-state index in [4.69, 9.17) is 23.2 Å². The average molecular weight is 339 g/mol. The van der Waals surface area contributed by atoms with Crippen LogP contribution in [0.4, 0.5) is 5.82 Å². The summed E-state index contributed by atoms with van der Waals surface area (Å²) in [7, 11) is 0. The molecule has 1 aromatic carbocycles. The number of rotatable bonds is 3. The third-order valence-electron chi connectivity index (χ3n) is 3.77. The lowest BCUT2D eigenvalue weighted by Crippen LogP contribution is -2.46. The third-order valence-corrected chi connectivity index (χ3v) is 4.36. The minimum atomic E-state index is -0.125. The maximum atomic E-state index is 11.3. The summed E-state index contributed by atoms with van der Waals surface area (Å²) >= 11 is 12.1. The Kier molecular flexibility index (Phi) is 4.66. The first kappa shape index (κ1) is 15.3. The smallest absolute Gasteiger partial charge is 0.252 e. The molecular formula is C15H16Cl2N4O. The Morgan fingerprint density at radius 3 is 2.59 bits per heavy atom. The van der Waals surface area contributed by atoms with Gasteiger partial charge in [-0.1, -0.05) is 29.3 Å². The molecule has 0 aliphatic carbocycles. The van der Waals surface area contributed by atoms with Gasteiger partial charge in [-0.3, -0.25) is 9.69 Å². The summed E-state index contributed by atoms with van der Waals surface area (Å²) in [6.45, 7) is 4.26. The van der Waals surface area contributed by atoms with Crippen LogP contribution in [0.3, 0.4) is 0 Å². The van der Waals surface area contributed by atoms with Crippen LogP contribution < -0.4 is 10.5 Å². The van der Waals surface area contributed by atoms with Crippen LogP contribution in [0.2, 0.25) is 10.0 Å². The number of aromatic nitrogens is 2. The van der Waals surface area contributed by atoms with Crippen molar-refractivity contribution >= 4 is 29.0 Å². The molecule has 0 atom stereocenters. The molecule has 1 aromatic heterocycles. The Balaban J connectivity index is 1.61. The van der Waals surface area contributed by atoms with Crippen molar-refractivity contribution in [1.82, 2.24) is 14.9 Å². The molecule has 1 aliphatic rings. The minimum Gasteiger partial charge on any atom is -0.354 e. The van der Waals surface area contributed by atoms with Crippen molar-refractivity contribution in [2.45, 2.75) is 6.54 Å². The summed E-state index contributed by atoms with van der Waals surface area (Å²) in [4.78, 5) is 22.5. The van der Waals surface area contributed by atoms with Gasteiger partial charge in [0.2, 0.25) is 0 Å². The van der Waals surface area contributed by atoms with Crippen LogP contribution in [-0.2, 0) is 6.54 Å². The maximum Gasteiger partial charge on any atom is 0.252 e. The molecule has 3 rings (SSSR count). The average Bonchev–Trinajstić information content (AvgIpc) is 2.51. The highest BCUT2D eigenvalue weighted by molar-refractivity contribution is 6.35. The van der Waals surface area contributed by atoms with E-state index >= 15 is 0 Å². The second-order valence-corrected chi connectivity index (χ2v) is 6.11. The van der Waals surface area contributed by atoms with Crippen LogP contribution in [0.5, 0.6) is 0 Å². The highest BCUT2D eigenvalue weighted by Crippen LogP contribution is 2.23. The first-order valence-electron chi connectivity index (χ1n) is 7.08. The molecule has 22 heavy (non-hydrogen) atoms. The molecule has 7 heteroatoms. The predicted molar refractivity (Wildman–Crippen MR) is 88.8 cm³/mol. The fraction of sp³-hybridized carbons (Fsp3) is 0.333. The van der Waals surface area contributed by atoms with Crippen molar-refractivity contribution in [3.8, 4) is 0 Å². The number of aromatic amines is 1. The second kappa shape index (κ2) is 6.69. The molecule has 2 aromatic rings. The van der Waals surface area contributed by atoms with E-state index in [1.807, 2.05) is 12.1 Å². The molecule has 1 N–H and O–H groups in total. The van der Waals surface area contributed by atoms with Gasteiger partial charge >= 0.3 is 0 Å². The van der Waals surface area contributed by atoms with E-state index < -0.39 is 0 Å². The van der Waals surface area contributed by atoms with Crippen molar-refractivity contribution in [3.63, 3.8) is 0 Å². The van der Waals surface area contributed by atoms with Crippen molar-refractivity contribution in [1.29, 1.82) is 0 Å². The van der Waals surface area contributed by atoms with Gasteiger partial charge in [0.05, 0.1) is 6.33 Å². The first-order chi connectivity index (χ1) is 10.6. The molecule has 0 radical (unpaired) electrons. The van der Waals surface area contributed by atoms with Crippen molar-refractivity contribution < 1.29 is 0 Å². The van der Waals surface area contributed by atoms with Gasteiger partial charge in [0.1, 0.15) is 5.82 Å². The largest absolute Gasteiger partial charge is 0.354 e. The quantitative estimate of drug-likeness (QED) is 0.933. The number of nitrogens with one attached hydrogen (secondary N) is 1. The monoisotopic (exact) mass is 338 g/mol. The van der Waals surface area contributed by atoms with Gasteiger partial charge < -0.3 is 9.88 Å². The van der Waals surface area contributed by atoms with E-state index in [0.29, 0.717) is 10.0 Å². The molecule has 1 fully saturated rings. The van der Waals surface area contributed by atoms with E-state index in [2.05, 4.69) is 19.8 Å². The van der Waals surface area contributed by atoms with Crippen LogP contribution >= 0.6 is 23.2 Å². The molecule has 116 valence electrons. The minimum absolute atomic E-state index is 0.125. The van der Waals surface area contributed by atoms with Crippen molar-refractivity contribution in [3.05, 3.63) is 56.6 Å².